The number of hydrogen-bond acceptors (Lipinski definition) is 2. The molecule has 0 amide bonds. The Morgan fingerprint density at radius 1 is 1.00 bits per heavy atom. The van der Waals surface area contributed by atoms with Crippen LogP contribution >= 0.6 is 23.2 Å². The van der Waals surface area contributed by atoms with E-state index in [4.69, 9.17) is 23.2 Å². The standard InChI is InChI=1S/C16H11Cl2FO2/c1-9-2-4-10(5-3-9)15(20)8-16(21)11-6-14(19)13(18)7-12(11)17/h2-7H,8H2,1H3. The highest BCUT2D eigenvalue weighted by Gasteiger charge is 2.18. The highest BCUT2D eigenvalue weighted by atomic mass is 35.5. The van der Waals surface area contributed by atoms with Crippen molar-refractivity contribution in [3.8, 4) is 0 Å². The molecule has 0 atom stereocenters. The Morgan fingerprint density at radius 2 is 1.62 bits per heavy atom. The fourth-order valence-electron chi connectivity index (χ4n) is 1.82. The van der Waals surface area contributed by atoms with Crippen molar-refractivity contribution >= 4 is 34.8 Å². The maximum Gasteiger partial charge on any atom is 0.172 e. The van der Waals surface area contributed by atoms with E-state index < -0.39 is 11.6 Å². The van der Waals surface area contributed by atoms with E-state index in [1.54, 1.807) is 24.3 Å². The zero-order valence-corrected chi connectivity index (χ0v) is 12.6. The van der Waals surface area contributed by atoms with Gasteiger partial charge in [0.2, 0.25) is 0 Å². The minimum Gasteiger partial charge on any atom is -0.294 e. The lowest BCUT2D eigenvalue weighted by molar-refractivity contribution is 0.0894. The van der Waals surface area contributed by atoms with Crippen LogP contribution < -0.4 is 0 Å². The number of rotatable bonds is 4. The van der Waals surface area contributed by atoms with Crippen LogP contribution in [0.25, 0.3) is 0 Å². The average Bonchev–Trinajstić information content (AvgIpc) is 2.43. The number of carbonyl (C=O) groups excluding carboxylic acids is 2. The lowest BCUT2D eigenvalue weighted by Crippen LogP contribution is -2.09. The fourth-order valence-corrected chi connectivity index (χ4v) is 2.31. The summed E-state index contributed by atoms with van der Waals surface area (Å²) < 4.78 is 13.4. The Bertz CT molecular complexity index is 709. The molecule has 5 heteroatoms. The van der Waals surface area contributed by atoms with Gasteiger partial charge in [-0.1, -0.05) is 53.0 Å². The number of aryl methyl sites for hydroxylation is 1. The van der Waals surface area contributed by atoms with Gasteiger partial charge in [-0.2, -0.15) is 0 Å². The van der Waals surface area contributed by atoms with Crippen molar-refractivity contribution in [2.75, 3.05) is 0 Å². The summed E-state index contributed by atoms with van der Waals surface area (Å²) >= 11 is 11.4. The minimum absolute atomic E-state index is 0.0307. The first kappa shape index (κ1) is 15.7. The summed E-state index contributed by atoms with van der Waals surface area (Å²) in [7, 11) is 0. The third-order valence-electron chi connectivity index (χ3n) is 3.01. The van der Waals surface area contributed by atoms with Crippen molar-refractivity contribution in [3.05, 3.63) is 69.0 Å². The first-order chi connectivity index (χ1) is 9.88. The van der Waals surface area contributed by atoms with E-state index in [1.807, 2.05) is 6.92 Å². The topological polar surface area (TPSA) is 34.1 Å². The second-order valence-corrected chi connectivity index (χ2v) is 5.45. The Hall–Kier alpha value is -1.71. The molecule has 108 valence electrons. The van der Waals surface area contributed by atoms with Gasteiger partial charge >= 0.3 is 0 Å². The van der Waals surface area contributed by atoms with Gasteiger partial charge in [0, 0.05) is 11.1 Å². The van der Waals surface area contributed by atoms with E-state index in [2.05, 4.69) is 0 Å². The first-order valence-corrected chi connectivity index (χ1v) is 6.91. The molecular formula is C16H11Cl2FO2. The summed E-state index contributed by atoms with van der Waals surface area (Å²) in [6.45, 7) is 1.90. The largest absolute Gasteiger partial charge is 0.294 e. The van der Waals surface area contributed by atoms with Gasteiger partial charge in [0.15, 0.2) is 11.6 Å². The van der Waals surface area contributed by atoms with Crippen molar-refractivity contribution < 1.29 is 14.0 Å². The molecule has 0 saturated carbocycles. The van der Waals surface area contributed by atoms with Gasteiger partial charge in [-0.25, -0.2) is 4.39 Å². The maximum atomic E-state index is 13.4. The van der Waals surface area contributed by atoms with Crippen molar-refractivity contribution in [1.29, 1.82) is 0 Å². The number of carbonyl (C=O) groups is 2. The lowest BCUT2D eigenvalue weighted by Gasteiger charge is -2.05. The molecule has 21 heavy (non-hydrogen) atoms. The summed E-state index contributed by atoms with van der Waals surface area (Å²) in [5.41, 5.74) is 1.40. The molecule has 0 saturated heterocycles. The Kier molecular flexibility index (Phi) is 4.76. The second-order valence-electron chi connectivity index (χ2n) is 4.64. The van der Waals surface area contributed by atoms with E-state index in [1.165, 1.54) is 0 Å². The molecule has 2 aromatic carbocycles. The Morgan fingerprint density at radius 3 is 2.24 bits per heavy atom. The Balaban J connectivity index is 2.20. The van der Waals surface area contributed by atoms with Gasteiger partial charge < -0.3 is 0 Å². The fraction of sp³-hybridized carbons (Fsp3) is 0.125. The van der Waals surface area contributed by atoms with Crippen LogP contribution in [0.5, 0.6) is 0 Å². The second kappa shape index (κ2) is 6.37. The molecule has 0 spiro atoms. The van der Waals surface area contributed by atoms with Crippen molar-refractivity contribution in [2.45, 2.75) is 13.3 Å². The molecule has 2 aromatic rings. The van der Waals surface area contributed by atoms with Gasteiger partial charge in [0.25, 0.3) is 0 Å². The molecule has 0 unspecified atom stereocenters. The lowest BCUT2D eigenvalue weighted by atomic mass is 10.0. The molecule has 2 nitrogen and oxygen atoms in total. The van der Waals surface area contributed by atoms with Gasteiger partial charge in [-0.3, -0.25) is 9.59 Å². The summed E-state index contributed by atoms with van der Waals surface area (Å²) in [6, 6.07) is 8.97. The molecule has 0 radical (unpaired) electrons. The van der Waals surface area contributed by atoms with Crippen LogP contribution in [0.2, 0.25) is 10.0 Å². The van der Waals surface area contributed by atoms with Crippen LogP contribution in [-0.4, -0.2) is 11.6 Å². The van der Waals surface area contributed by atoms with E-state index in [0.717, 1.165) is 17.7 Å². The molecule has 0 aliphatic rings. The van der Waals surface area contributed by atoms with Crippen molar-refractivity contribution in [2.24, 2.45) is 0 Å². The van der Waals surface area contributed by atoms with Crippen LogP contribution in [0.3, 0.4) is 0 Å². The van der Waals surface area contributed by atoms with E-state index >= 15 is 0 Å². The number of halogens is 3. The van der Waals surface area contributed by atoms with Crippen molar-refractivity contribution in [3.63, 3.8) is 0 Å². The van der Waals surface area contributed by atoms with Gasteiger partial charge in [0.05, 0.1) is 16.5 Å². The Labute approximate surface area is 131 Å². The molecule has 0 aliphatic heterocycles. The van der Waals surface area contributed by atoms with E-state index in [9.17, 15) is 14.0 Å². The highest BCUT2D eigenvalue weighted by Crippen LogP contribution is 2.25. The van der Waals surface area contributed by atoms with Crippen molar-refractivity contribution in [1.82, 2.24) is 0 Å². The van der Waals surface area contributed by atoms with Gasteiger partial charge in [-0.15, -0.1) is 0 Å². The molecule has 0 aromatic heterocycles. The molecule has 0 bridgehead atoms. The summed E-state index contributed by atoms with van der Waals surface area (Å²) in [5.74, 6) is -1.63. The molecule has 0 heterocycles. The smallest absolute Gasteiger partial charge is 0.172 e. The third-order valence-corrected chi connectivity index (χ3v) is 3.61. The third kappa shape index (κ3) is 3.69. The quantitative estimate of drug-likeness (QED) is 0.455. The molecule has 2 rings (SSSR count). The van der Waals surface area contributed by atoms with Crippen LogP contribution in [0.1, 0.15) is 32.7 Å². The number of ketones is 2. The molecule has 0 fully saturated rings. The highest BCUT2D eigenvalue weighted by molar-refractivity contribution is 6.37. The van der Waals surface area contributed by atoms with E-state index in [0.29, 0.717) is 5.56 Å². The summed E-state index contributed by atoms with van der Waals surface area (Å²) in [6.07, 6.45) is -0.371. The van der Waals surface area contributed by atoms with Crippen LogP contribution in [-0.2, 0) is 0 Å². The zero-order valence-electron chi connectivity index (χ0n) is 11.1. The summed E-state index contributed by atoms with van der Waals surface area (Å²) in [4.78, 5) is 24.1. The normalized spacial score (nSPS) is 10.5. The van der Waals surface area contributed by atoms with Crippen LogP contribution in [0.15, 0.2) is 36.4 Å². The monoisotopic (exact) mass is 324 g/mol. The van der Waals surface area contributed by atoms with E-state index in [-0.39, 0.29) is 27.8 Å². The minimum atomic E-state index is -0.743. The van der Waals surface area contributed by atoms with Crippen LogP contribution in [0.4, 0.5) is 4.39 Å². The molecular weight excluding hydrogens is 314 g/mol. The summed E-state index contributed by atoms with van der Waals surface area (Å²) in [5, 5.41) is -0.135. The molecule has 0 N–H and O–H groups in total. The first-order valence-electron chi connectivity index (χ1n) is 6.16. The predicted octanol–water partition coefficient (Wildman–Crippen LogP) is 4.90. The predicted molar refractivity (Wildman–Crippen MR) is 80.9 cm³/mol. The van der Waals surface area contributed by atoms with Gasteiger partial charge in [-0.05, 0) is 19.1 Å². The van der Waals surface area contributed by atoms with Crippen LogP contribution in [0, 0.1) is 12.7 Å². The van der Waals surface area contributed by atoms with Gasteiger partial charge in [0.1, 0.15) is 5.82 Å². The number of benzene rings is 2. The molecule has 0 aliphatic carbocycles. The maximum absolute atomic E-state index is 13.4. The number of hydrogen-bond donors (Lipinski definition) is 0. The number of Topliss-reactive ketones (excluding diaryl/α,β-unsaturated/α-hetero) is 2. The SMILES string of the molecule is Cc1ccc(C(=O)CC(=O)c2cc(F)c(Cl)cc2Cl)cc1. The zero-order chi connectivity index (χ0) is 15.6. The average molecular weight is 325 g/mol.